The monoisotopic (exact) mass is 387 g/mol. The van der Waals surface area contributed by atoms with Crippen molar-refractivity contribution < 1.29 is 24.4 Å². The fourth-order valence-corrected chi connectivity index (χ4v) is 3.89. The summed E-state index contributed by atoms with van der Waals surface area (Å²) < 4.78 is 16.6. The van der Waals surface area contributed by atoms with E-state index in [0.717, 1.165) is 11.3 Å². The van der Waals surface area contributed by atoms with E-state index >= 15 is 0 Å². The fraction of sp³-hybridized carbons (Fsp3) is 0.455. The van der Waals surface area contributed by atoms with Crippen LogP contribution in [0.4, 0.5) is 0 Å². The van der Waals surface area contributed by atoms with Gasteiger partial charge in [-0.25, -0.2) is 0 Å². The molecule has 6 heteroatoms. The Balaban J connectivity index is 1.96. The van der Waals surface area contributed by atoms with Gasteiger partial charge in [0.05, 0.1) is 13.2 Å². The minimum atomic E-state index is -0.999. The minimum absolute atomic E-state index is 0.0127. The highest BCUT2D eigenvalue weighted by molar-refractivity contribution is 5.47. The van der Waals surface area contributed by atoms with Gasteiger partial charge in [0.15, 0.2) is 11.5 Å². The Bertz CT molecular complexity index is 782. The number of nitrogens with zero attached hydrogens (tertiary/aromatic N) is 1. The summed E-state index contributed by atoms with van der Waals surface area (Å²) in [6, 6.07) is 15.4. The van der Waals surface area contributed by atoms with Crippen LogP contribution in [0.25, 0.3) is 0 Å². The zero-order chi connectivity index (χ0) is 20.3. The summed E-state index contributed by atoms with van der Waals surface area (Å²) in [5, 5.41) is 20.7. The first-order valence-electron chi connectivity index (χ1n) is 9.43. The van der Waals surface area contributed by atoms with Gasteiger partial charge in [-0.1, -0.05) is 31.2 Å². The van der Waals surface area contributed by atoms with Crippen LogP contribution in [0.2, 0.25) is 0 Å². The molecule has 0 saturated carbocycles. The number of benzene rings is 2. The van der Waals surface area contributed by atoms with E-state index in [1.165, 1.54) is 7.11 Å². The SMILES string of the molecule is COc1ccc([C@@H]2CN(C(O)OC)C[C@@]2(C)[C@@H](C)O)cc1Oc1ccccc1. The van der Waals surface area contributed by atoms with Gasteiger partial charge in [-0.05, 0) is 36.8 Å². The van der Waals surface area contributed by atoms with E-state index in [1.807, 2.05) is 60.4 Å². The Morgan fingerprint density at radius 3 is 2.39 bits per heavy atom. The van der Waals surface area contributed by atoms with E-state index in [1.54, 1.807) is 14.0 Å². The molecule has 1 aliphatic heterocycles. The average Bonchev–Trinajstić information content (AvgIpc) is 3.07. The fourth-order valence-electron chi connectivity index (χ4n) is 3.89. The van der Waals surface area contributed by atoms with E-state index in [4.69, 9.17) is 14.2 Å². The van der Waals surface area contributed by atoms with Gasteiger partial charge in [0.25, 0.3) is 0 Å². The van der Waals surface area contributed by atoms with Crippen molar-refractivity contribution in [3.05, 3.63) is 54.1 Å². The van der Waals surface area contributed by atoms with Crippen molar-refractivity contribution in [2.45, 2.75) is 32.3 Å². The zero-order valence-electron chi connectivity index (χ0n) is 16.8. The Morgan fingerprint density at radius 1 is 1.07 bits per heavy atom. The molecule has 1 aliphatic rings. The van der Waals surface area contributed by atoms with Crippen molar-refractivity contribution in [2.24, 2.45) is 5.41 Å². The van der Waals surface area contributed by atoms with Gasteiger partial charge in [-0.3, -0.25) is 4.90 Å². The van der Waals surface area contributed by atoms with E-state index in [2.05, 4.69) is 0 Å². The standard InChI is InChI=1S/C22H29NO5/c1-15(24)22(2)14-23(21(25)27-4)13-18(22)16-10-11-19(26-3)20(12-16)28-17-8-6-5-7-9-17/h5-12,15,18,21,24-25H,13-14H2,1-4H3/t15-,18+,21?,22+/m1/s1. The predicted octanol–water partition coefficient (Wildman–Crippen LogP) is 3.20. The van der Waals surface area contributed by atoms with E-state index in [-0.39, 0.29) is 5.92 Å². The largest absolute Gasteiger partial charge is 0.493 e. The number of methoxy groups -OCH3 is 2. The van der Waals surface area contributed by atoms with Crippen LogP contribution >= 0.6 is 0 Å². The van der Waals surface area contributed by atoms with E-state index < -0.39 is 17.9 Å². The van der Waals surface area contributed by atoms with Crippen LogP contribution in [0.5, 0.6) is 17.2 Å². The molecule has 0 spiro atoms. The smallest absolute Gasteiger partial charge is 0.215 e. The lowest BCUT2D eigenvalue weighted by atomic mass is 9.72. The van der Waals surface area contributed by atoms with Crippen LogP contribution in [0.15, 0.2) is 48.5 Å². The molecule has 6 nitrogen and oxygen atoms in total. The van der Waals surface area contributed by atoms with E-state index in [0.29, 0.717) is 24.6 Å². The Kier molecular flexibility index (Phi) is 6.25. The molecule has 2 N–H and O–H groups in total. The van der Waals surface area contributed by atoms with Gasteiger partial charge in [0.2, 0.25) is 6.41 Å². The van der Waals surface area contributed by atoms with Crippen molar-refractivity contribution in [1.29, 1.82) is 0 Å². The van der Waals surface area contributed by atoms with Crippen molar-refractivity contribution in [3.8, 4) is 17.2 Å². The first-order valence-corrected chi connectivity index (χ1v) is 9.43. The number of aliphatic hydroxyl groups excluding tert-OH is 2. The molecule has 152 valence electrons. The van der Waals surface area contributed by atoms with Gasteiger partial charge < -0.3 is 24.4 Å². The molecule has 1 fully saturated rings. The average molecular weight is 387 g/mol. The van der Waals surface area contributed by atoms with Gasteiger partial charge in [0.1, 0.15) is 5.75 Å². The number of ether oxygens (including phenoxy) is 3. The molecule has 4 atom stereocenters. The maximum absolute atomic E-state index is 10.5. The van der Waals surface area contributed by atoms with Crippen molar-refractivity contribution in [3.63, 3.8) is 0 Å². The van der Waals surface area contributed by atoms with Gasteiger partial charge in [-0.15, -0.1) is 0 Å². The summed E-state index contributed by atoms with van der Waals surface area (Å²) in [4.78, 5) is 1.83. The number of para-hydroxylation sites is 1. The highest BCUT2D eigenvalue weighted by Crippen LogP contribution is 2.47. The summed E-state index contributed by atoms with van der Waals surface area (Å²) >= 11 is 0. The van der Waals surface area contributed by atoms with Crippen LogP contribution < -0.4 is 9.47 Å². The molecule has 0 aromatic heterocycles. The van der Waals surface area contributed by atoms with Gasteiger partial charge >= 0.3 is 0 Å². The van der Waals surface area contributed by atoms with Crippen LogP contribution in [0.1, 0.15) is 25.3 Å². The maximum Gasteiger partial charge on any atom is 0.215 e. The summed E-state index contributed by atoms with van der Waals surface area (Å²) in [5.74, 6) is 1.96. The molecule has 0 amide bonds. The zero-order valence-corrected chi connectivity index (χ0v) is 16.8. The highest BCUT2D eigenvalue weighted by Gasteiger charge is 2.48. The molecule has 3 rings (SSSR count). The molecule has 1 heterocycles. The summed E-state index contributed by atoms with van der Waals surface area (Å²) in [5.41, 5.74) is 0.568. The number of aliphatic hydroxyl groups is 2. The molecular weight excluding hydrogens is 358 g/mol. The highest BCUT2D eigenvalue weighted by atomic mass is 16.6. The number of hydrogen-bond donors (Lipinski definition) is 2. The molecular formula is C22H29NO5. The molecule has 1 unspecified atom stereocenters. The van der Waals surface area contributed by atoms with Crippen LogP contribution in [0, 0.1) is 5.41 Å². The molecule has 0 aliphatic carbocycles. The Morgan fingerprint density at radius 2 is 1.79 bits per heavy atom. The van der Waals surface area contributed by atoms with Crippen molar-refractivity contribution in [2.75, 3.05) is 27.3 Å². The molecule has 2 aromatic carbocycles. The molecule has 2 aromatic rings. The summed E-state index contributed by atoms with van der Waals surface area (Å²) in [6.07, 6.45) is -1.56. The second kappa shape index (κ2) is 8.49. The lowest BCUT2D eigenvalue weighted by Gasteiger charge is -2.34. The first kappa shape index (κ1) is 20.6. The van der Waals surface area contributed by atoms with Gasteiger partial charge in [-0.2, -0.15) is 0 Å². The molecule has 28 heavy (non-hydrogen) atoms. The van der Waals surface area contributed by atoms with Crippen LogP contribution in [0.3, 0.4) is 0 Å². The number of likely N-dealkylation sites (tertiary alicyclic amines) is 1. The second-order valence-corrected chi connectivity index (χ2v) is 7.55. The second-order valence-electron chi connectivity index (χ2n) is 7.55. The third kappa shape index (κ3) is 4.00. The third-order valence-electron chi connectivity index (χ3n) is 5.80. The predicted molar refractivity (Wildman–Crippen MR) is 107 cm³/mol. The van der Waals surface area contributed by atoms with Crippen molar-refractivity contribution >= 4 is 0 Å². The van der Waals surface area contributed by atoms with Crippen LogP contribution in [-0.4, -0.2) is 54.9 Å². The minimum Gasteiger partial charge on any atom is -0.493 e. The lowest BCUT2D eigenvalue weighted by molar-refractivity contribution is -0.173. The maximum atomic E-state index is 10.5. The van der Waals surface area contributed by atoms with Gasteiger partial charge in [0, 0.05) is 31.5 Å². The Hall–Kier alpha value is -2.12. The van der Waals surface area contributed by atoms with Crippen molar-refractivity contribution in [1.82, 2.24) is 4.90 Å². The topological polar surface area (TPSA) is 71.4 Å². The Labute approximate surface area is 166 Å². The number of hydrogen-bond acceptors (Lipinski definition) is 6. The molecule has 1 saturated heterocycles. The van der Waals surface area contributed by atoms with Crippen LogP contribution in [-0.2, 0) is 4.74 Å². The lowest BCUT2D eigenvalue weighted by Crippen LogP contribution is -2.39. The third-order valence-corrected chi connectivity index (χ3v) is 5.80. The normalized spacial score (nSPS) is 24.7. The quantitative estimate of drug-likeness (QED) is 0.711. The molecule has 0 bridgehead atoms. The number of rotatable bonds is 7. The first-order chi connectivity index (χ1) is 13.4. The molecule has 0 radical (unpaired) electrons. The van der Waals surface area contributed by atoms with E-state index in [9.17, 15) is 10.2 Å². The summed E-state index contributed by atoms with van der Waals surface area (Å²) in [7, 11) is 3.08. The summed E-state index contributed by atoms with van der Waals surface area (Å²) in [6.45, 7) is 4.91.